The zero-order valence-corrected chi connectivity index (χ0v) is 14.5. The van der Waals surface area contributed by atoms with Gasteiger partial charge >= 0.3 is 5.97 Å². The number of rotatable bonds is 5. The van der Waals surface area contributed by atoms with Crippen molar-refractivity contribution in [3.8, 4) is 0 Å². The molecule has 12 heteroatoms. The van der Waals surface area contributed by atoms with Crippen LogP contribution < -0.4 is 5.32 Å². The standard InChI is InChI=1S/C11H11IN6O4S/c12-1-5-3-23-10-7(9(20)18(10)8(5)11(21)22)14-6(19)2-17-4-13-15-16-17/h4,7,10H,1-3H2,(H,14,19)(H,21,22)/t7?,10-/m0/s1. The summed E-state index contributed by atoms with van der Waals surface area (Å²) < 4.78 is 1.78. The molecule has 0 aromatic carbocycles. The van der Waals surface area contributed by atoms with Crippen LogP contribution in [0.4, 0.5) is 0 Å². The number of hydrogen-bond acceptors (Lipinski definition) is 7. The lowest BCUT2D eigenvalue weighted by Crippen LogP contribution is -2.70. The fraction of sp³-hybridized carbons (Fsp3) is 0.455. The Bertz CT molecular complexity index is 693. The normalized spacial score (nSPS) is 23.3. The van der Waals surface area contributed by atoms with Gasteiger partial charge in [-0.05, 0) is 16.0 Å². The number of hydrogen-bond donors (Lipinski definition) is 2. The minimum atomic E-state index is -1.12. The Balaban J connectivity index is 1.69. The SMILES string of the molecule is O=C(Cn1cnnn1)NC1C(=O)N2C(C(=O)O)=C(CI)CS[C@@H]12. The van der Waals surface area contributed by atoms with E-state index in [4.69, 9.17) is 0 Å². The second-order valence-electron chi connectivity index (χ2n) is 4.85. The van der Waals surface area contributed by atoms with Crippen molar-refractivity contribution >= 4 is 52.1 Å². The average Bonchev–Trinajstić information content (AvgIpc) is 3.03. The fourth-order valence-electron chi connectivity index (χ4n) is 2.41. The lowest BCUT2D eigenvalue weighted by Gasteiger charge is -2.49. The number of nitrogens with zero attached hydrogens (tertiary/aromatic N) is 5. The Morgan fingerprint density at radius 1 is 1.52 bits per heavy atom. The van der Waals surface area contributed by atoms with Gasteiger partial charge in [0.15, 0.2) is 0 Å². The van der Waals surface area contributed by atoms with Crippen LogP contribution in [0.25, 0.3) is 0 Å². The molecule has 2 aliphatic rings. The maximum absolute atomic E-state index is 12.3. The summed E-state index contributed by atoms with van der Waals surface area (Å²) in [6.07, 6.45) is 1.29. The molecule has 2 amide bonds. The highest BCUT2D eigenvalue weighted by Gasteiger charge is 2.53. The molecule has 0 bridgehead atoms. The van der Waals surface area contributed by atoms with E-state index in [0.717, 1.165) is 0 Å². The lowest BCUT2D eigenvalue weighted by molar-refractivity contribution is -0.150. The number of aromatic nitrogens is 4. The Kier molecular flexibility index (Phi) is 4.52. The zero-order valence-electron chi connectivity index (χ0n) is 11.5. The Hall–Kier alpha value is -1.70. The third-order valence-electron chi connectivity index (χ3n) is 3.42. The van der Waals surface area contributed by atoms with Crippen LogP contribution in [-0.4, -0.2) is 69.6 Å². The van der Waals surface area contributed by atoms with E-state index in [0.29, 0.717) is 15.8 Å². The summed E-state index contributed by atoms with van der Waals surface area (Å²) in [6.45, 7) is -0.102. The predicted octanol–water partition coefficient (Wildman–Crippen LogP) is -1.15. The highest BCUT2D eigenvalue weighted by atomic mass is 127. The number of carboxylic acids is 1. The number of tetrazole rings is 1. The topological polar surface area (TPSA) is 130 Å². The first-order chi connectivity index (χ1) is 11.0. The van der Waals surface area contributed by atoms with Crippen LogP contribution in [0.1, 0.15) is 0 Å². The van der Waals surface area contributed by atoms with Crippen LogP contribution in [0.15, 0.2) is 17.6 Å². The number of carbonyl (C=O) groups is 3. The Morgan fingerprint density at radius 3 is 2.91 bits per heavy atom. The van der Waals surface area contributed by atoms with Crippen LogP contribution in [0.5, 0.6) is 0 Å². The molecule has 0 spiro atoms. The zero-order chi connectivity index (χ0) is 16.6. The molecule has 2 atom stereocenters. The quantitative estimate of drug-likeness (QED) is 0.327. The smallest absolute Gasteiger partial charge is 0.352 e. The summed E-state index contributed by atoms with van der Waals surface area (Å²) in [6, 6.07) is -0.728. The molecular weight excluding hydrogens is 439 g/mol. The molecule has 1 fully saturated rings. The number of thioether (sulfide) groups is 1. The molecule has 10 nitrogen and oxygen atoms in total. The summed E-state index contributed by atoms with van der Waals surface area (Å²) >= 11 is 3.52. The minimum Gasteiger partial charge on any atom is -0.477 e. The number of amides is 2. The molecule has 23 heavy (non-hydrogen) atoms. The van der Waals surface area contributed by atoms with Crippen molar-refractivity contribution in [2.24, 2.45) is 0 Å². The second-order valence-corrected chi connectivity index (χ2v) is 6.72. The number of alkyl halides is 1. The van der Waals surface area contributed by atoms with Gasteiger partial charge in [0.25, 0.3) is 5.91 Å². The first kappa shape index (κ1) is 16.2. The predicted molar refractivity (Wildman–Crippen MR) is 86.4 cm³/mol. The van der Waals surface area contributed by atoms with E-state index >= 15 is 0 Å². The lowest BCUT2D eigenvalue weighted by atomic mass is 10.0. The molecule has 3 heterocycles. The maximum atomic E-state index is 12.3. The van der Waals surface area contributed by atoms with Gasteiger partial charge in [-0.15, -0.1) is 16.9 Å². The molecule has 0 saturated carbocycles. The number of nitrogens with one attached hydrogen (secondary N) is 1. The van der Waals surface area contributed by atoms with Crippen molar-refractivity contribution in [3.63, 3.8) is 0 Å². The van der Waals surface area contributed by atoms with E-state index in [2.05, 4.69) is 43.4 Å². The van der Waals surface area contributed by atoms with E-state index in [1.807, 2.05) is 0 Å². The molecule has 2 N–H and O–H groups in total. The molecule has 2 aliphatic heterocycles. The van der Waals surface area contributed by atoms with Gasteiger partial charge in [0.05, 0.1) is 0 Å². The number of β-lactam (4-membered cyclic amide) rings is 1. The summed E-state index contributed by atoms with van der Waals surface area (Å²) in [7, 11) is 0. The number of carboxylic acid groups (broad SMARTS) is 1. The number of halogens is 1. The monoisotopic (exact) mass is 450 g/mol. The van der Waals surface area contributed by atoms with Crippen molar-refractivity contribution in [3.05, 3.63) is 17.6 Å². The van der Waals surface area contributed by atoms with E-state index < -0.39 is 29.2 Å². The van der Waals surface area contributed by atoms with Gasteiger partial charge in [-0.3, -0.25) is 14.5 Å². The second kappa shape index (κ2) is 6.43. The number of aliphatic carboxylic acids is 1. The van der Waals surface area contributed by atoms with Gasteiger partial charge in [0.2, 0.25) is 5.91 Å². The molecule has 1 saturated heterocycles. The molecule has 1 aromatic rings. The van der Waals surface area contributed by atoms with Crippen molar-refractivity contribution < 1.29 is 19.5 Å². The summed E-state index contributed by atoms with van der Waals surface area (Å²) in [5, 5.41) is 22.0. The van der Waals surface area contributed by atoms with E-state index in [-0.39, 0.29) is 12.2 Å². The highest BCUT2D eigenvalue weighted by molar-refractivity contribution is 14.1. The van der Waals surface area contributed by atoms with Crippen LogP contribution in [0.3, 0.4) is 0 Å². The molecule has 0 aliphatic carbocycles. The molecule has 0 radical (unpaired) electrons. The summed E-state index contributed by atoms with van der Waals surface area (Å²) in [5.41, 5.74) is 0.755. The van der Waals surface area contributed by atoms with E-state index in [1.54, 1.807) is 0 Å². The Labute approximate surface area is 147 Å². The molecule has 122 valence electrons. The van der Waals surface area contributed by atoms with E-state index in [9.17, 15) is 19.5 Å². The van der Waals surface area contributed by atoms with Gasteiger partial charge in [0.1, 0.15) is 30.0 Å². The largest absolute Gasteiger partial charge is 0.477 e. The maximum Gasteiger partial charge on any atom is 0.352 e. The van der Waals surface area contributed by atoms with Crippen LogP contribution >= 0.6 is 34.4 Å². The van der Waals surface area contributed by atoms with Gasteiger partial charge < -0.3 is 10.4 Å². The van der Waals surface area contributed by atoms with Gasteiger partial charge in [-0.2, -0.15) is 0 Å². The van der Waals surface area contributed by atoms with Crippen molar-refractivity contribution in [2.75, 3.05) is 10.2 Å². The third kappa shape index (κ3) is 2.91. The van der Waals surface area contributed by atoms with Crippen molar-refractivity contribution in [1.82, 2.24) is 30.4 Å². The minimum absolute atomic E-state index is 0.0409. The first-order valence-electron chi connectivity index (χ1n) is 6.49. The number of fused-ring (bicyclic) bond motifs is 1. The van der Waals surface area contributed by atoms with Crippen molar-refractivity contribution in [2.45, 2.75) is 18.0 Å². The van der Waals surface area contributed by atoms with Gasteiger partial charge in [-0.25, -0.2) is 9.48 Å². The van der Waals surface area contributed by atoms with Crippen molar-refractivity contribution in [1.29, 1.82) is 0 Å². The van der Waals surface area contributed by atoms with Crippen LogP contribution in [0.2, 0.25) is 0 Å². The van der Waals surface area contributed by atoms with E-state index in [1.165, 1.54) is 27.7 Å². The van der Waals surface area contributed by atoms with Gasteiger partial charge in [-0.1, -0.05) is 22.6 Å². The average molecular weight is 450 g/mol. The molecular formula is C11H11IN6O4S. The molecule has 3 rings (SSSR count). The van der Waals surface area contributed by atoms with Crippen LogP contribution in [-0.2, 0) is 20.9 Å². The fourth-order valence-corrected chi connectivity index (χ4v) is 4.75. The first-order valence-corrected chi connectivity index (χ1v) is 9.06. The molecule has 1 unspecified atom stereocenters. The summed E-state index contributed by atoms with van der Waals surface area (Å²) in [4.78, 5) is 36.9. The van der Waals surface area contributed by atoms with Gasteiger partial charge in [0, 0.05) is 10.2 Å². The summed E-state index contributed by atoms with van der Waals surface area (Å²) in [5.74, 6) is -1.41. The third-order valence-corrected chi connectivity index (χ3v) is 5.69. The molecule has 1 aromatic heterocycles. The Morgan fingerprint density at radius 2 is 2.30 bits per heavy atom. The highest BCUT2D eigenvalue weighted by Crippen LogP contribution is 2.40. The van der Waals surface area contributed by atoms with Crippen LogP contribution in [0, 0.1) is 0 Å². The number of carbonyl (C=O) groups excluding carboxylic acids is 2.